The number of piperidine rings is 1. The summed E-state index contributed by atoms with van der Waals surface area (Å²) in [6, 6.07) is 0.988. The lowest BCUT2D eigenvalue weighted by molar-refractivity contribution is 0.176. The SMILES string of the molecule is C[C@H]1[C@@H](N)CCCN1C.Cl.Cl. The second-order valence-electron chi connectivity index (χ2n) is 3.03. The number of halogens is 2. The molecule has 0 aromatic heterocycles. The Kier molecular flexibility index (Phi) is 7.75. The Hall–Kier alpha value is 0.500. The molecule has 1 fully saturated rings. The molecular weight excluding hydrogens is 183 g/mol. The van der Waals surface area contributed by atoms with Crippen LogP contribution in [0.3, 0.4) is 0 Å². The van der Waals surface area contributed by atoms with Crippen LogP contribution in [0.2, 0.25) is 0 Å². The van der Waals surface area contributed by atoms with Crippen LogP contribution >= 0.6 is 24.8 Å². The highest BCUT2D eigenvalue weighted by molar-refractivity contribution is 5.85. The highest BCUT2D eigenvalue weighted by Crippen LogP contribution is 2.12. The van der Waals surface area contributed by atoms with Gasteiger partial charge in [-0.25, -0.2) is 0 Å². The van der Waals surface area contributed by atoms with Crippen molar-refractivity contribution in [1.82, 2.24) is 4.90 Å². The maximum atomic E-state index is 5.83. The molecule has 0 spiro atoms. The number of likely N-dealkylation sites (N-methyl/N-ethyl adjacent to an activating group) is 1. The number of rotatable bonds is 0. The Labute approximate surface area is 81.3 Å². The monoisotopic (exact) mass is 200 g/mol. The van der Waals surface area contributed by atoms with Crippen LogP contribution in [-0.4, -0.2) is 30.6 Å². The average Bonchev–Trinajstić information content (AvgIpc) is 1.83. The van der Waals surface area contributed by atoms with Gasteiger partial charge in [0.2, 0.25) is 0 Å². The quantitative estimate of drug-likeness (QED) is 0.639. The lowest BCUT2D eigenvalue weighted by atomic mass is 9.99. The first-order valence-corrected chi connectivity index (χ1v) is 3.67. The zero-order chi connectivity index (χ0) is 6.85. The molecule has 1 aliphatic heterocycles. The molecule has 0 aromatic rings. The molecule has 1 rings (SSSR count). The van der Waals surface area contributed by atoms with Gasteiger partial charge in [-0.2, -0.15) is 0 Å². The molecule has 0 unspecified atom stereocenters. The molecule has 1 aliphatic rings. The van der Waals surface area contributed by atoms with Crippen LogP contribution in [-0.2, 0) is 0 Å². The highest BCUT2D eigenvalue weighted by atomic mass is 35.5. The van der Waals surface area contributed by atoms with Gasteiger partial charge in [-0.05, 0) is 33.4 Å². The lowest BCUT2D eigenvalue weighted by Gasteiger charge is -2.34. The Bertz CT molecular complexity index is 90.4. The van der Waals surface area contributed by atoms with E-state index in [0.29, 0.717) is 12.1 Å². The molecule has 0 bridgehead atoms. The number of nitrogens with two attached hydrogens (primary N) is 1. The molecule has 70 valence electrons. The Morgan fingerprint density at radius 2 is 1.91 bits per heavy atom. The third-order valence-electron chi connectivity index (χ3n) is 2.36. The number of hydrogen-bond acceptors (Lipinski definition) is 2. The van der Waals surface area contributed by atoms with Crippen molar-refractivity contribution < 1.29 is 0 Å². The fraction of sp³-hybridized carbons (Fsp3) is 1.00. The fourth-order valence-electron chi connectivity index (χ4n) is 1.35. The van der Waals surface area contributed by atoms with E-state index in [9.17, 15) is 0 Å². The molecule has 0 aromatic carbocycles. The van der Waals surface area contributed by atoms with Gasteiger partial charge in [0.15, 0.2) is 0 Å². The van der Waals surface area contributed by atoms with Crippen LogP contribution in [0.15, 0.2) is 0 Å². The van der Waals surface area contributed by atoms with Crippen molar-refractivity contribution in [3.8, 4) is 0 Å². The molecule has 0 radical (unpaired) electrons. The van der Waals surface area contributed by atoms with Gasteiger partial charge in [0.25, 0.3) is 0 Å². The molecule has 1 heterocycles. The fourth-order valence-corrected chi connectivity index (χ4v) is 1.35. The molecule has 11 heavy (non-hydrogen) atoms. The van der Waals surface area contributed by atoms with E-state index in [0.717, 1.165) is 0 Å². The third-order valence-corrected chi connectivity index (χ3v) is 2.36. The molecule has 2 N–H and O–H groups in total. The lowest BCUT2D eigenvalue weighted by Crippen LogP contribution is -2.48. The highest BCUT2D eigenvalue weighted by Gasteiger charge is 2.21. The van der Waals surface area contributed by atoms with E-state index in [-0.39, 0.29) is 24.8 Å². The summed E-state index contributed by atoms with van der Waals surface area (Å²) in [7, 11) is 2.14. The number of hydrogen-bond donors (Lipinski definition) is 1. The molecule has 0 aliphatic carbocycles. The van der Waals surface area contributed by atoms with Crippen LogP contribution in [0.5, 0.6) is 0 Å². The van der Waals surface area contributed by atoms with Gasteiger partial charge in [0, 0.05) is 12.1 Å². The van der Waals surface area contributed by atoms with E-state index in [2.05, 4.69) is 18.9 Å². The van der Waals surface area contributed by atoms with Crippen molar-refractivity contribution in [2.75, 3.05) is 13.6 Å². The maximum Gasteiger partial charge on any atom is 0.0215 e. The van der Waals surface area contributed by atoms with Crippen LogP contribution in [0.25, 0.3) is 0 Å². The molecular formula is C7H18Cl2N2. The summed E-state index contributed by atoms with van der Waals surface area (Å²) < 4.78 is 0. The summed E-state index contributed by atoms with van der Waals surface area (Å²) in [5, 5.41) is 0. The minimum atomic E-state index is 0. The van der Waals surface area contributed by atoms with Gasteiger partial charge in [-0.3, -0.25) is 0 Å². The smallest absolute Gasteiger partial charge is 0.0215 e. The second kappa shape index (κ2) is 6.06. The zero-order valence-electron chi connectivity index (χ0n) is 7.12. The van der Waals surface area contributed by atoms with Crippen LogP contribution in [0, 0.1) is 0 Å². The van der Waals surface area contributed by atoms with Gasteiger partial charge in [0.05, 0.1) is 0 Å². The molecule has 2 nitrogen and oxygen atoms in total. The molecule has 2 atom stereocenters. The van der Waals surface area contributed by atoms with E-state index >= 15 is 0 Å². The molecule has 0 saturated carbocycles. The van der Waals surface area contributed by atoms with Crippen molar-refractivity contribution in [3.63, 3.8) is 0 Å². The molecule has 1 saturated heterocycles. The summed E-state index contributed by atoms with van der Waals surface area (Å²) in [5.41, 5.74) is 5.83. The van der Waals surface area contributed by atoms with Gasteiger partial charge >= 0.3 is 0 Å². The predicted molar refractivity (Wildman–Crippen MR) is 53.8 cm³/mol. The third kappa shape index (κ3) is 3.61. The summed E-state index contributed by atoms with van der Waals surface area (Å²) in [4.78, 5) is 2.33. The number of likely N-dealkylation sites (tertiary alicyclic amines) is 1. The normalized spacial score (nSPS) is 31.9. The Morgan fingerprint density at radius 1 is 1.36 bits per heavy atom. The first kappa shape index (κ1) is 14.0. The average molecular weight is 201 g/mol. The Morgan fingerprint density at radius 3 is 2.27 bits per heavy atom. The van der Waals surface area contributed by atoms with E-state index in [4.69, 9.17) is 5.73 Å². The van der Waals surface area contributed by atoms with E-state index < -0.39 is 0 Å². The number of nitrogens with zero attached hydrogens (tertiary/aromatic N) is 1. The topological polar surface area (TPSA) is 29.3 Å². The first-order chi connectivity index (χ1) is 4.22. The standard InChI is InChI=1S/C7H16N2.2ClH/c1-6-7(8)4-3-5-9(6)2;;/h6-7H,3-5,8H2,1-2H3;2*1H/t6-,7-;;/m0../s1. The maximum absolute atomic E-state index is 5.83. The van der Waals surface area contributed by atoms with Gasteiger partial charge in [-0.1, -0.05) is 0 Å². The predicted octanol–water partition coefficient (Wildman–Crippen LogP) is 1.27. The first-order valence-electron chi connectivity index (χ1n) is 3.67. The van der Waals surface area contributed by atoms with E-state index in [1.807, 2.05) is 0 Å². The molecule has 4 heteroatoms. The summed E-state index contributed by atoms with van der Waals surface area (Å²) in [5.74, 6) is 0. The van der Waals surface area contributed by atoms with Crippen LogP contribution < -0.4 is 5.73 Å². The zero-order valence-corrected chi connectivity index (χ0v) is 8.75. The molecule has 0 amide bonds. The minimum absolute atomic E-state index is 0. The van der Waals surface area contributed by atoms with Crippen LogP contribution in [0.1, 0.15) is 19.8 Å². The summed E-state index contributed by atoms with van der Waals surface area (Å²) in [6.45, 7) is 3.42. The summed E-state index contributed by atoms with van der Waals surface area (Å²) in [6.07, 6.45) is 2.47. The second-order valence-corrected chi connectivity index (χ2v) is 3.03. The largest absolute Gasteiger partial charge is 0.326 e. The van der Waals surface area contributed by atoms with Gasteiger partial charge < -0.3 is 10.6 Å². The summed E-state index contributed by atoms with van der Waals surface area (Å²) >= 11 is 0. The van der Waals surface area contributed by atoms with Gasteiger partial charge in [-0.15, -0.1) is 24.8 Å². The van der Waals surface area contributed by atoms with Crippen molar-refractivity contribution >= 4 is 24.8 Å². The minimum Gasteiger partial charge on any atom is -0.326 e. The van der Waals surface area contributed by atoms with Crippen molar-refractivity contribution in [1.29, 1.82) is 0 Å². The van der Waals surface area contributed by atoms with Crippen molar-refractivity contribution in [3.05, 3.63) is 0 Å². The van der Waals surface area contributed by atoms with Crippen molar-refractivity contribution in [2.24, 2.45) is 5.73 Å². The van der Waals surface area contributed by atoms with E-state index in [1.54, 1.807) is 0 Å². The van der Waals surface area contributed by atoms with Gasteiger partial charge in [0.1, 0.15) is 0 Å². The van der Waals surface area contributed by atoms with E-state index in [1.165, 1.54) is 19.4 Å². The Balaban J connectivity index is 0. The van der Waals surface area contributed by atoms with Crippen LogP contribution in [0.4, 0.5) is 0 Å². The van der Waals surface area contributed by atoms with Crippen molar-refractivity contribution in [2.45, 2.75) is 31.8 Å².